The average molecular weight is 430 g/mol. The predicted octanol–water partition coefficient (Wildman–Crippen LogP) is 3.97. The molecule has 0 saturated carbocycles. The number of halogens is 3. The van der Waals surface area contributed by atoms with E-state index >= 15 is 0 Å². The lowest BCUT2D eigenvalue weighted by atomic mass is 10.1. The molecule has 1 aromatic heterocycles. The SMILES string of the molecule is CCCn1c(=O)sc2cc(S(=O)(=O)NCc3cccc(C(F)(F)F)c3)ccc21. The molecule has 28 heavy (non-hydrogen) atoms. The van der Waals surface area contributed by atoms with E-state index < -0.39 is 21.8 Å². The van der Waals surface area contributed by atoms with Gasteiger partial charge in [-0.1, -0.05) is 36.5 Å². The van der Waals surface area contributed by atoms with Crippen LogP contribution in [0.25, 0.3) is 10.2 Å². The summed E-state index contributed by atoms with van der Waals surface area (Å²) >= 11 is 0.958. The highest BCUT2D eigenvalue weighted by Gasteiger charge is 2.30. The lowest BCUT2D eigenvalue weighted by molar-refractivity contribution is -0.137. The molecule has 0 atom stereocenters. The minimum Gasteiger partial charge on any atom is -0.299 e. The number of thiazole rings is 1. The van der Waals surface area contributed by atoms with Crippen LogP contribution in [0.4, 0.5) is 13.2 Å². The quantitative estimate of drug-likeness (QED) is 0.644. The summed E-state index contributed by atoms with van der Waals surface area (Å²) in [6.07, 6.45) is -3.73. The molecule has 0 aliphatic carbocycles. The second-order valence-corrected chi connectivity index (χ2v) is 8.93. The Morgan fingerprint density at radius 2 is 1.89 bits per heavy atom. The molecular weight excluding hydrogens is 413 g/mol. The van der Waals surface area contributed by atoms with Gasteiger partial charge in [-0.15, -0.1) is 0 Å². The lowest BCUT2D eigenvalue weighted by Crippen LogP contribution is -2.23. The van der Waals surface area contributed by atoms with Gasteiger partial charge in [-0.3, -0.25) is 9.36 Å². The molecule has 150 valence electrons. The maximum absolute atomic E-state index is 12.8. The molecule has 0 unspecified atom stereocenters. The first-order valence-electron chi connectivity index (χ1n) is 8.41. The van der Waals surface area contributed by atoms with Crippen molar-refractivity contribution in [2.24, 2.45) is 0 Å². The highest BCUT2D eigenvalue weighted by atomic mass is 32.2. The zero-order valence-electron chi connectivity index (χ0n) is 14.8. The first-order chi connectivity index (χ1) is 13.1. The van der Waals surface area contributed by atoms with Crippen molar-refractivity contribution >= 4 is 31.6 Å². The number of sulfonamides is 1. The normalized spacial score (nSPS) is 12.6. The van der Waals surface area contributed by atoms with Gasteiger partial charge in [0.15, 0.2) is 0 Å². The largest absolute Gasteiger partial charge is 0.416 e. The van der Waals surface area contributed by atoms with E-state index in [0.717, 1.165) is 29.9 Å². The molecule has 0 radical (unpaired) electrons. The van der Waals surface area contributed by atoms with E-state index in [4.69, 9.17) is 0 Å². The number of rotatable bonds is 6. The Hall–Kier alpha value is -2.17. The minimum absolute atomic E-state index is 0.0446. The lowest BCUT2D eigenvalue weighted by Gasteiger charge is -2.10. The summed E-state index contributed by atoms with van der Waals surface area (Å²) in [5.41, 5.74) is 0.0135. The Balaban J connectivity index is 1.84. The van der Waals surface area contributed by atoms with E-state index in [1.54, 1.807) is 10.6 Å². The molecule has 0 spiro atoms. The molecule has 0 fully saturated rings. The van der Waals surface area contributed by atoms with Crippen LogP contribution in [0.2, 0.25) is 0 Å². The summed E-state index contributed by atoms with van der Waals surface area (Å²) in [5.74, 6) is 0. The van der Waals surface area contributed by atoms with Crippen LogP contribution < -0.4 is 9.60 Å². The summed E-state index contributed by atoms with van der Waals surface area (Å²) in [5, 5.41) is 0. The zero-order valence-corrected chi connectivity index (χ0v) is 16.4. The summed E-state index contributed by atoms with van der Waals surface area (Å²) < 4.78 is 67.8. The van der Waals surface area contributed by atoms with Crippen LogP contribution in [0.5, 0.6) is 0 Å². The van der Waals surface area contributed by atoms with Crippen LogP contribution in [0.1, 0.15) is 24.5 Å². The van der Waals surface area contributed by atoms with Gasteiger partial charge >= 0.3 is 11.0 Å². The highest BCUT2D eigenvalue weighted by Crippen LogP contribution is 2.29. The maximum Gasteiger partial charge on any atom is 0.416 e. The number of nitrogens with zero attached hydrogens (tertiary/aromatic N) is 1. The fourth-order valence-electron chi connectivity index (χ4n) is 2.77. The molecule has 1 N–H and O–H groups in total. The number of benzene rings is 2. The Labute approximate surface area is 163 Å². The summed E-state index contributed by atoms with van der Waals surface area (Å²) in [7, 11) is -3.95. The molecule has 1 heterocycles. The van der Waals surface area contributed by atoms with Gasteiger partial charge in [0, 0.05) is 13.1 Å². The summed E-state index contributed by atoms with van der Waals surface area (Å²) in [4.78, 5) is 11.8. The van der Waals surface area contributed by atoms with E-state index in [9.17, 15) is 26.4 Å². The number of hydrogen-bond donors (Lipinski definition) is 1. The van der Waals surface area contributed by atoms with Crippen molar-refractivity contribution in [3.05, 3.63) is 63.3 Å². The van der Waals surface area contributed by atoms with Crippen LogP contribution in [-0.2, 0) is 29.3 Å². The van der Waals surface area contributed by atoms with Gasteiger partial charge in [-0.05, 0) is 36.2 Å². The molecule has 2 aromatic carbocycles. The van der Waals surface area contributed by atoms with Gasteiger partial charge in [0.25, 0.3) is 0 Å². The van der Waals surface area contributed by atoms with E-state index in [2.05, 4.69) is 4.72 Å². The van der Waals surface area contributed by atoms with Crippen molar-refractivity contribution in [2.45, 2.75) is 37.5 Å². The van der Waals surface area contributed by atoms with Gasteiger partial charge in [-0.2, -0.15) is 13.2 Å². The Morgan fingerprint density at radius 3 is 2.57 bits per heavy atom. The van der Waals surface area contributed by atoms with Crippen LogP contribution in [0.3, 0.4) is 0 Å². The molecule has 10 heteroatoms. The highest BCUT2D eigenvalue weighted by molar-refractivity contribution is 7.89. The van der Waals surface area contributed by atoms with Gasteiger partial charge in [0.1, 0.15) is 0 Å². The van der Waals surface area contributed by atoms with Crippen molar-refractivity contribution in [3.8, 4) is 0 Å². The molecule has 0 saturated heterocycles. The van der Waals surface area contributed by atoms with Gasteiger partial charge in [-0.25, -0.2) is 13.1 Å². The number of nitrogens with one attached hydrogen (secondary N) is 1. The summed E-state index contributed by atoms with van der Waals surface area (Å²) in [6.45, 7) is 2.20. The third kappa shape index (κ3) is 4.29. The molecular formula is C18H17F3N2O3S2. The monoisotopic (exact) mass is 430 g/mol. The van der Waals surface area contributed by atoms with Crippen LogP contribution in [0.15, 0.2) is 52.2 Å². The zero-order chi connectivity index (χ0) is 20.5. The van der Waals surface area contributed by atoms with E-state index in [0.29, 0.717) is 16.8 Å². The van der Waals surface area contributed by atoms with Crippen molar-refractivity contribution < 1.29 is 21.6 Å². The Kier molecular flexibility index (Phi) is 5.64. The van der Waals surface area contributed by atoms with Crippen molar-refractivity contribution in [1.29, 1.82) is 0 Å². The van der Waals surface area contributed by atoms with E-state index in [-0.39, 0.29) is 21.9 Å². The van der Waals surface area contributed by atoms with Gasteiger partial charge < -0.3 is 0 Å². The molecule has 0 aliphatic heterocycles. The van der Waals surface area contributed by atoms with Crippen molar-refractivity contribution in [1.82, 2.24) is 9.29 Å². The van der Waals surface area contributed by atoms with Gasteiger partial charge in [0.05, 0.1) is 20.7 Å². The number of aryl methyl sites for hydroxylation is 1. The maximum atomic E-state index is 12.8. The molecule has 3 aromatic rings. The molecule has 5 nitrogen and oxygen atoms in total. The number of aromatic nitrogens is 1. The van der Waals surface area contributed by atoms with Crippen molar-refractivity contribution in [3.63, 3.8) is 0 Å². The molecule has 3 rings (SSSR count). The molecule has 0 aliphatic rings. The average Bonchev–Trinajstić information content (AvgIpc) is 2.95. The van der Waals surface area contributed by atoms with Gasteiger partial charge in [0.2, 0.25) is 10.0 Å². The van der Waals surface area contributed by atoms with Crippen LogP contribution in [0, 0.1) is 0 Å². The molecule has 0 amide bonds. The minimum atomic E-state index is -4.50. The smallest absolute Gasteiger partial charge is 0.299 e. The van der Waals surface area contributed by atoms with Crippen LogP contribution >= 0.6 is 11.3 Å². The standard InChI is InChI=1S/C18H17F3N2O3S2/c1-2-8-23-15-7-6-14(10-16(15)27-17(23)24)28(25,26)22-11-12-4-3-5-13(9-12)18(19,20)21/h3-7,9-10,22H,2,8,11H2,1H3. The Bertz CT molecular complexity index is 1160. The third-order valence-electron chi connectivity index (χ3n) is 4.12. The fraction of sp³-hybridized carbons (Fsp3) is 0.278. The summed E-state index contributed by atoms with van der Waals surface area (Å²) in [6, 6.07) is 8.83. The number of alkyl halides is 3. The van der Waals surface area contributed by atoms with E-state index in [1.807, 2.05) is 6.92 Å². The first kappa shape index (κ1) is 20.6. The number of hydrogen-bond acceptors (Lipinski definition) is 4. The second kappa shape index (κ2) is 7.69. The fourth-order valence-corrected chi connectivity index (χ4v) is 4.84. The Morgan fingerprint density at radius 1 is 1.14 bits per heavy atom. The first-order valence-corrected chi connectivity index (χ1v) is 10.7. The third-order valence-corrected chi connectivity index (χ3v) is 6.46. The number of fused-ring (bicyclic) bond motifs is 1. The topological polar surface area (TPSA) is 68.2 Å². The predicted molar refractivity (Wildman–Crippen MR) is 102 cm³/mol. The second-order valence-electron chi connectivity index (χ2n) is 6.17. The molecule has 0 bridgehead atoms. The van der Waals surface area contributed by atoms with Crippen molar-refractivity contribution in [2.75, 3.05) is 0 Å². The van der Waals surface area contributed by atoms with E-state index in [1.165, 1.54) is 24.3 Å². The van der Waals surface area contributed by atoms with Crippen LogP contribution in [-0.4, -0.2) is 13.0 Å².